The van der Waals surface area contributed by atoms with Gasteiger partial charge in [0.15, 0.2) is 0 Å². The minimum absolute atomic E-state index is 0.192. The van der Waals surface area contributed by atoms with Crippen molar-refractivity contribution >= 4 is 29.3 Å². The van der Waals surface area contributed by atoms with E-state index in [0.717, 1.165) is 17.9 Å². The van der Waals surface area contributed by atoms with Crippen molar-refractivity contribution in [1.82, 2.24) is 5.32 Å². The van der Waals surface area contributed by atoms with E-state index in [1.165, 1.54) is 7.11 Å². The summed E-state index contributed by atoms with van der Waals surface area (Å²) in [7, 11) is 1.52. The third kappa shape index (κ3) is 5.72. The van der Waals surface area contributed by atoms with E-state index < -0.39 is 0 Å². The molecule has 1 aromatic rings. The molecule has 0 aliphatic carbocycles. The van der Waals surface area contributed by atoms with E-state index in [9.17, 15) is 4.79 Å². The summed E-state index contributed by atoms with van der Waals surface area (Å²) in [5, 5.41) is 12.0. The van der Waals surface area contributed by atoms with Crippen molar-refractivity contribution < 1.29 is 14.6 Å². The first-order chi connectivity index (χ1) is 9.19. The second-order valence-corrected chi connectivity index (χ2v) is 5.45. The monoisotopic (exact) mass is 303 g/mol. The number of methoxy groups -OCH3 is 1. The topological polar surface area (TPSA) is 58.6 Å². The molecule has 1 amide bonds. The van der Waals surface area contributed by atoms with Crippen LogP contribution in [0.4, 0.5) is 0 Å². The lowest BCUT2D eigenvalue weighted by molar-refractivity contribution is 0.0953. The van der Waals surface area contributed by atoms with Gasteiger partial charge in [0.25, 0.3) is 5.91 Å². The molecule has 4 nitrogen and oxygen atoms in total. The molecular weight excluding hydrogens is 286 g/mol. The summed E-state index contributed by atoms with van der Waals surface area (Å²) in [6.45, 7) is 0.781. The summed E-state index contributed by atoms with van der Waals surface area (Å²) in [6, 6.07) is 4.95. The molecule has 0 heterocycles. The largest absolute Gasteiger partial charge is 0.496 e. The smallest absolute Gasteiger partial charge is 0.255 e. The Morgan fingerprint density at radius 1 is 1.47 bits per heavy atom. The third-order valence-electron chi connectivity index (χ3n) is 2.38. The number of aliphatic hydroxyl groups is 1. The normalized spacial score (nSPS) is 10.3. The van der Waals surface area contributed by atoms with Gasteiger partial charge in [0, 0.05) is 23.9 Å². The fraction of sp³-hybridized carbons (Fsp3) is 0.462. The molecule has 1 aromatic carbocycles. The average Bonchev–Trinajstić information content (AvgIpc) is 2.42. The van der Waals surface area contributed by atoms with Crippen LogP contribution in [0.3, 0.4) is 0 Å². The summed E-state index contributed by atoms with van der Waals surface area (Å²) in [5.74, 6) is 2.03. The minimum Gasteiger partial charge on any atom is -0.496 e. The molecule has 0 fully saturated rings. The van der Waals surface area contributed by atoms with Gasteiger partial charge in [0.1, 0.15) is 5.75 Å². The van der Waals surface area contributed by atoms with Gasteiger partial charge in [-0.15, -0.1) is 0 Å². The zero-order chi connectivity index (χ0) is 14.1. The van der Waals surface area contributed by atoms with E-state index in [1.807, 2.05) is 0 Å². The van der Waals surface area contributed by atoms with Gasteiger partial charge in [0.05, 0.1) is 12.7 Å². The number of nitrogens with one attached hydrogen (secondary N) is 1. The lowest BCUT2D eigenvalue weighted by Crippen LogP contribution is -2.26. The van der Waals surface area contributed by atoms with Gasteiger partial charge in [-0.1, -0.05) is 11.6 Å². The standard InChI is InChI=1S/C13H18ClNO3S/c1-18-12-4-3-10(14)9-11(12)13(17)15-5-8-19-7-2-6-16/h3-4,9,16H,2,5-8H2,1H3,(H,15,17). The number of halogens is 1. The molecule has 6 heteroatoms. The maximum atomic E-state index is 12.0. The van der Waals surface area contributed by atoms with Crippen molar-refractivity contribution in [3.8, 4) is 5.75 Å². The first kappa shape index (κ1) is 16.1. The highest BCUT2D eigenvalue weighted by atomic mass is 35.5. The number of ether oxygens (including phenoxy) is 1. The molecule has 0 bridgehead atoms. The lowest BCUT2D eigenvalue weighted by atomic mass is 10.2. The summed E-state index contributed by atoms with van der Waals surface area (Å²) in [4.78, 5) is 12.0. The number of aliphatic hydroxyl groups excluding tert-OH is 1. The minimum atomic E-state index is -0.192. The molecule has 0 saturated carbocycles. The Hall–Kier alpha value is -0.910. The zero-order valence-electron chi connectivity index (χ0n) is 10.8. The average molecular weight is 304 g/mol. The van der Waals surface area contributed by atoms with Crippen molar-refractivity contribution in [2.75, 3.05) is 31.8 Å². The van der Waals surface area contributed by atoms with Gasteiger partial charge in [-0.3, -0.25) is 4.79 Å². The Labute approximate surface area is 122 Å². The van der Waals surface area contributed by atoms with E-state index in [-0.39, 0.29) is 12.5 Å². The molecule has 0 unspecified atom stereocenters. The molecule has 0 spiro atoms. The quantitative estimate of drug-likeness (QED) is 0.723. The number of hydrogen-bond acceptors (Lipinski definition) is 4. The molecular formula is C13H18ClNO3S. The molecule has 1 rings (SSSR count). The summed E-state index contributed by atoms with van der Waals surface area (Å²) in [5.41, 5.74) is 0.440. The predicted molar refractivity (Wildman–Crippen MR) is 79.4 cm³/mol. The number of thioether (sulfide) groups is 1. The number of benzene rings is 1. The van der Waals surface area contributed by atoms with Crippen molar-refractivity contribution in [2.24, 2.45) is 0 Å². The van der Waals surface area contributed by atoms with Gasteiger partial charge < -0.3 is 15.2 Å². The van der Waals surface area contributed by atoms with Crippen LogP contribution in [0.1, 0.15) is 16.8 Å². The Kier molecular flexibility index (Phi) is 7.70. The zero-order valence-corrected chi connectivity index (χ0v) is 12.4. The van der Waals surface area contributed by atoms with E-state index in [4.69, 9.17) is 21.4 Å². The van der Waals surface area contributed by atoms with Crippen LogP contribution in [0.15, 0.2) is 18.2 Å². The predicted octanol–water partition coefficient (Wildman–Crippen LogP) is 2.19. The number of carbonyl (C=O) groups excluding carboxylic acids is 1. The van der Waals surface area contributed by atoms with Gasteiger partial charge in [0.2, 0.25) is 0 Å². The number of rotatable bonds is 8. The fourth-order valence-corrected chi connectivity index (χ4v) is 2.41. The van der Waals surface area contributed by atoms with E-state index in [2.05, 4.69) is 5.32 Å². The summed E-state index contributed by atoms with van der Waals surface area (Å²) in [6.07, 6.45) is 0.779. The van der Waals surface area contributed by atoms with Crippen LogP contribution in [0, 0.1) is 0 Å². The van der Waals surface area contributed by atoms with Crippen molar-refractivity contribution in [1.29, 1.82) is 0 Å². The van der Waals surface area contributed by atoms with Crippen molar-refractivity contribution in [2.45, 2.75) is 6.42 Å². The third-order valence-corrected chi connectivity index (χ3v) is 3.69. The van der Waals surface area contributed by atoms with Crippen molar-refractivity contribution in [3.05, 3.63) is 28.8 Å². The second kappa shape index (κ2) is 9.07. The maximum absolute atomic E-state index is 12.0. The molecule has 106 valence electrons. The van der Waals surface area contributed by atoms with E-state index in [1.54, 1.807) is 30.0 Å². The van der Waals surface area contributed by atoms with Crippen molar-refractivity contribution in [3.63, 3.8) is 0 Å². The number of hydrogen-bond donors (Lipinski definition) is 2. The SMILES string of the molecule is COc1ccc(Cl)cc1C(=O)NCCSCCCO. The molecule has 0 atom stereocenters. The van der Waals surface area contributed by atoms with Crippen LogP contribution in [-0.2, 0) is 0 Å². The first-order valence-corrected chi connectivity index (χ1v) is 7.52. The van der Waals surface area contributed by atoms with Gasteiger partial charge in [-0.2, -0.15) is 11.8 Å². The van der Waals surface area contributed by atoms with E-state index in [0.29, 0.717) is 22.9 Å². The molecule has 0 aliphatic heterocycles. The van der Waals surface area contributed by atoms with Gasteiger partial charge in [-0.25, -0.2) is 0 Å². The maximum Gasteiger partial charge on any atom is 0.255 e. The Bertz CT molecular complexity index is 415. The van der Waals surface area contributed by atoms with Crippen LogP contribution in [-0.4, -0.2) is 42.8 Å². The molecule has 0 aliphatic rings. The van der Waals surface area contributed by atoms with Gasteiger partial charge in [-0.05, 0) is 30.4 Å². The van der Waals surface area contributed by atoms with E-state index >= 15 is 0 Å². The number of amides is 1. The van der Waals surface area contributed by atoms with Crippen LogP contribution >= 0.6 is 23.4 Å². The highest BCUT2D eigenvalue weighted by Gasteiger charge is 2.12. The fourth-order valence-electron chi connectivity index (χ4n) is 1.46. The first-order valence-electron chi connectivity index (χ1n) is 5.99. The highest BCUT2D eigenvalue weighted by Crippen LogP contribution is 2.22. The summed E-state index contributed by atoms with van der Waals surface area (Å²) < 4.78 is 5.13. The Morgan fingerprint density at radius 3 is 2.95 bits per heavy atom. The molecule has 2 N–H and O–H groups in total. The Morgan fingerprint density at radius 2 is 2.26 bits per heavy atom. The lowest BCUT2D eigenvalue weighted by Gasteiger charge is -2.09. The molecule has 0 radical (unpaired) electrons. The molecule has 0 saturated heterocycles. The molecule has 19 heavy (non-hydrogen) atoms. The van der Waals surface area contributed by atoms with Crippen LogP contribution < -0.4 is 10.1 Å². The number of carbonyl (C=O) groups is 1. The Balaban J connectivity index is 2.43. The van der Waals surface area contributed by atoms with Crippen LogP contribution in [0.5, 0.6) is 5.75 Å². The molecule has 0 aromatic heterocycles. The highest BCUT2D eigenvalue weighted by molar-refractivity contribution is 7.99. The second-order valence-electron chi connectivity index (χ2n) is 3.79. The summed E-state index contributed by atoms with van der Waals surface area (Å²) >= 11 is 7.57. The van der Waals surface area contributed by atoms with Crippen LogP contribution in [0.2, 0.25) is 5.02 Å². The van der Waals surface area contributed by atoms with Crippen LogP contribution in [0.25, 0.3) is 0 Å². The van der Waals surface area contributed by atoms with Gasteiger partial charge >= 0.3 is 0 Å².